The molecule has 1 heterocycles. The zero-order valence-corrected chi connectivity index (χ0v) is 8.70. The smallest absolute Gasteiger partial charge is 0.183 e. The summed E-state index contributed by atoms with van der Waals surface area (Å²) in [6, 6.07) is 7.55. The van der Waals surface area contributed by atoms with Crippen LogP contribution in [0.4, 0.5) is 0 Å². The minimum atomic E-state index is 0.248. The van der Waals surface area contributed by atoms with E-state index in [1.54, 1.807) is 0 Å². The van der Waals surface area contributed by atoms with Crippen LogP contribution < -0.4 is 0 Å². The van der Waals surface area contributed by atoms with Gasteiger partial charge in [-0.2, -0.15) is 4.68 Å². The number of tetrazole rings is 1. The van der Waals surface area contributed by atoms with E-state index in [0.29, 0.717) is 0 Å². The number of hydrogen-bond acceptors (Lipinski definition) is 3. The highest BCUT2D eigenvalue weighted by atomic mass is 79.9. The minimum absolute atomic E-state index is 0.248. The average molecular weight is 259 g/mol. The third-order valence-corrected chi connectivity index (χ3v) is 2.21. The molecule has 2 aromatic rings. The maximum absolute atomic E-state index is 5.74. The van der Waals surface area contributed by atoms with Crippen molar-refractivity contribution in [3.8, 4) is 5.69 Å². The largest absolute Gasteiger partial charge is 0.247 e. The second kappa shape index (κ2) is 3.43. The first kappa shape index (κ1) is 8.65. The van der Waals surface area contributed by atoms with Crippen molar-refractivity contribution in [3.05, 3.63) is 34.0 Å². The molecule has 0 spiro atoms. The second-order valence-electron chi connectivity index (χ2n) is 2.34. The van der Waals surface area contributed by atoms with E-state index in [-0.39, 0.29) is 5.28 Å². The van der Waals surface area contributed by atoms with Gasteiger partial charge in [0.1, 0.15) is 0 Å². The number of hydrogen-bond donors (Lipinski definition) is 0. The van der Waals surface area contributed by atoms with E-state index < -0.39 is 0 Å². The fourth-order valence-electron chi connectivity index (χ4n) is 0.942. The van der Waals surface area contributed by atoms with Crippen molar-refractivity contribution >= 4 is 27.5 Å². The summed E-state index contributed by atoms with van der Waals surface area (Å²) in [5.74, 6) is 0. The molecule has 13 heavy (non-hydrogen) atoms. The van der Waals surface area contributed by atoms with Gasteiger partial charge in [-0.15, -0.1) is 0 Å². The molecule has 0 aliphatic carbocycles. The van der Waals surface area contributed by atoms with Gasteiger partial charge in [0.25, 0.3) is 0 Å². The summed E-state index contributed by atoms with van der Waals surface area (Å²) in [5.41, 5.74) is 0.823. The topological polar surface area (TPSA) is 43.6 Å². The van der Waals surface area contributed by atoms with Gasteiger partial charge in [-0.3, -0.25) is 0 Å². The van der Waals surface area contributed by atoms with Crippen LogP contribution in [0.2, 0.25) is 5.28 Å². The molecule has 0 radical (unpaired) electrons. The summed E-state index contributed by atoms with van der Waals surface area (Å²) < 4.78 is 2.41. The molecule has 0 bridgehead atoms. The van der Waals surface area contributed by atoms with Gasteiger partial charge < -0.3 is 0 Å². The quantitative estimate of drug-likeness (QED) is 0.787. The van der Waals surface area contributed by atoms with Crippen LogP contribution >= 0.6 is 27.5 Å². The highest BCUT2D eigenvalue weighted by Crippen LogP contribution is 2.16. The molecule has 0 aliphatic heterocycles. The van der Waals surface area contributed by atoms with Crippen LogP contribution in [0.5, 0.6) is 0 Å². The predicted molar refractivity (Wildman–Crippen MR) is 51.9 cm³/mol. The highest BCUT2D eigenvalue weighted by Gasteiger charge is 2.04. The zero-order chi connectivity index (χ0) is 9.26. The number of benzene rings is 1. The normalized spacial score (nSPS) is 10.3. The molecule has 0 fully saturated rings. The summed E-state index contributed by atoms with van der Waals surface area (Å²) in [7, 11) is 0. The summed E-state index contributed by atoms with van der Waals surface area (Å²) in [6.45, 7) is 0. The molecule has 6 heteroatoms. The molecule has 0 unspecified atom stereocenters. The van der Waals surface area contributed by atoms with E-state index in [9.17, 15) is 0 Å². The lowest BCUT2D eigenvalue weighted by Crippen LogP contribution is -1.96. The Kier molecular flexibility index (Phi) is 2.28. The summed E-state index contributed by atoms with van der Waals surface area (Å²) in [5, 5.41) is 11.0. The van der Waals surface area contributed by atoms with Crippen molar-refractivity contribution in [2.45, 2.75) is 0 Å². The lowest BCUT2D eigenvalue weighted by Gasteiger charge is -1.99. The summed E-state index contributed by atoms with van der Waals surface area (Å²) in [6.07, 6.45) is 0. The Morgan fingerprint density at radius 1 is 1.38 bits per heavy atom. The Morgan fingerprint density at radius 2 is 2.23 bits per heavy atom. The van der Waals surface area contributed by atoms with E-state index in [4.69, 9.17) is 11.6 Å². The van der Waals surface area contributed by atoms with Crippen LogP contribution in [0.1, 0.15) is 0 Å². The molecule has 4 nitrogen and oxygen atoms in total. The van der Waals surface area contributed by atoms with Crippen molar-refractivity contribution in [1.29, 1.82) is 0 Å². The van der Waals surface area contributed by atoms with Crippen molar-refractivity contribution in [3.63, 3.8) is 0 Å². The second-order valence-corrected chi connectivity index (χ2v) is 3.59. The minimum Gasteiger partial charge on any atom is -0.183 e. The van der Waals surface area contributed by atoms with Crippen LogP contribution in [0.15, 0.2) is 28.7 Å². The van der Waals surface area contributed by atoms with Gasteiger partial charge in [-0.25, -0.2) is 0 Å². The van der Waals surface area contributed by atoms with E-state index in [1.165, 1.54) is 4.68 Å². The molecule has 0 amide bonds. The van der Waals surface area contributed by atoms with Gasteiger partial charge in [0.2, 0.25) is 5.28 Å². The Labute approximate surface area is 87.6 Å². The van der Waals surface area contributed by atoms with E-state index in [1.807, 2.05) is 24.3 Å². The van der Waals surface area contributed by atoms with Crippen LogP contribution in [0, 0.1) is 0 Å². The third-order valence-electron chi connectivity index (χ3n) is 1.48. The van der Waals surface area contributed by atoms with Gasteiger partial charge >= 0.3 is 0 Å². The lowest BCUT2D eigenvalue weighted by atomic mass is 10.3. The Morgan fingerprint density at radius 3 is 2.85 bits per heavy atom. The van der Waals surface area contributed by atoms with Crippen molar-refractivity contribution < 1.29 is 0 Å². The first-order valence-corrected chi connectivity index (χ1v) is 4.64. The van der Waals surface area contributed by atoms with Gasteiger partial charge in [0.05, 0.1) is 5.69 Å². The van der Waals surface area contributed by atoms with E-state index >= 15 is 0 Å². The maximum atomic E-state index is 5.74. The van der Waals surface area contributed by atoms with E-state index in [0.717, 1.165) is 10.2 Å². The molecule has 66 valence electrons. The van der Waals surface area contributed by atoms with Crippen LogP contribution in [0.3, 0.4) is 0 Å². The first-order valence-electron chi connectivity index (χ1n) is 3.47. The molecule has 2 rings (SSSR count). The number of nitrogens with zero attached hydrogens (tertiary/aromatic N) is 4. The first-order chi connectivity index (χ1) is 6.27. The molecule has 0 saturated heterocycles. The number of halogens is 2. The molecule has 1 aromatic heterocycles. The Bertz CT molecular complexity index is 428. The van der Waals surface area contributed by atoms with Crippen molar-refractivity contribution in [1.82, 2.24) is 20.2 Å². The van der Waals surface area contributed by atoms with Gasteiger partial charge in [-0.1, -0.05) is 27.1 Å². The summed E-state index contributed by atoms with van der Waals surface area (Å²) >= 11 is 9.09. The van der Waals surface area contributed by atoms with Gasteiger partial charge in [-0.05, 0) is 40.2 Å². The predicted octanol–water partition coefficient (Wildman–Crippen LogP) is 2.08. The molecule has 0 atom stereocenters. The van der Waals surface area contributed by atoms with Crippen molar-refractivity contribution in [2.24, 2.45) is 0 Å². The van der Waals surface area contributed by atoms with Crippen LogP contribution in [0.25, 0.3) is 5.69 Å². The molecule has 1 aromatic carbocycles. The SMILES string of the molecule is Clc1nnnn1-c1cccc(Br)c1. The average Bonchev–Trinajstić information content (AvgIpc) is 2.51. The summed E-state index contributed by atoms with van der Waals surface area (Å²) in [4.78, 5) is 0. The fourth-order valence-corrected chi connectivity index (χ4v) is 1.49. The number of rotatable bonds is 1. The molecular weight excluding hydrogens is 255 g/mol. The standard InChI is InChI=1S/C7H4BrClN4/c8-5-2-1-3-6(4-5)13-7(9)10-11-12-13/h1-4H. The molecular formula is C7H4BrClN4. The van der Waals surface area contributed by atoms with Gasteiger partial charge in [0.15, 0.2) is 0 Å². The van der Waals surface area contributed by atoms with Crippen molar-refractivity contribution in [2.75, 3.05) is 0 Å². The fraction of sp³-hybridized carbons (Fsp3) is 0. The van der Waals surface area contributed by atoms with E-state index in [2.05, 4.69) is 31.5 Å². The Hall–Kier alpha value is -0.940. The Balaban J connectivity index is 2.53. The monoisotopic (exact) mass is 258 g/mol. The van der Waals surface area contributed by atoms with Crippen LogP contribution in [-0.2, 0) is 0 Å². The third kappa shape index (κ3) is 1.71. The lowest BCUT2D eigenvalue weighted by molar-refractivity contribution is 0.789. The zero-order valence-electron chi connectivity index (χ0n) is 6.35. The molecule has 0 aliphatic rings. The molecule has 0 saturated carbocycles. The van der Waals surface area contributed by atoms with Gasteiger partial charge in [0, 0.05) is 4.47 Å². The maximum Gasteiger partial charge on any atom is 0.247 e. The molecule has 0 N–H and O–H groups in total. The van der Waals surface area contributed by atoms with Crippen LogP contribution in [-0.4, -0.2) is 20.2 Å². The number of aromatic nitrogens is 4. The highest BCUT2D eigenvalue weighted by molar-refractivity contribution is 9.10.